The first-order valence-electron chi connectivity index (χ1n) is 16.0. The number of hydrogen-bond acceptors (Lipinski definition) is 2. The number of para-hydroxylation sites is 2. The zero-order valence-corrected chi connectivity index (χ0v) is 24.7. The van der Waals surface area contributed by atoms with Crippen LogP contribution >= 0.6 is 11.3 Å². The van der Waals surface area contributed by atoms with E-state index in [1.807, 2.05) is 18.2 Å². The van der Waals surface area contributed by atoms with E-state index in [-0.39, 0.29) is 0 Å². The van der Waals surface area contributed by atoms with E-state index in [1.54, 1.807) is 23.5 Å². The fourth-order valence-electron chi connectivity index (χ4n) is 6.31. The van der Waals surface area contributed by atoms with Crippen LogP contribution in [0.1, 0.15) is 20.8 Å². The number of aromatic nitrogens is 2. The zero-order chi connectivity index (χ0) is 31.6. The SMILES string of the molecule is [2H]C([2H])([2H])c1ccc(-c2ccc3sc4ccc(-c5nc6ccccc6n5-c5c(C)cc(-c6ccccc6)cc5C)cc4c3c2)cc1. The van der Waals surface area contributed by atoms with Crippen molar-refractivity contribution in [3.05, 3.63) is 144 Å². The van der Waals surface area contributed by atoms with Crippen molar-refractivity contribution >= 4 is 42.5 Å². The van der Waals surface area contributed by atoms with E-state index in [2.05, 4.69) is 115 Å². The van der Waals surface area contributed by atoms with Gasteiger partial charge in [0.25, 0.3) is 0 Å². The number of imidazole rings is 1. The summed E-state index contributed by atoms with van der Waals surface area (Å²) in [6.07, 6.45) is 0. The maximum Gasteiger partial charge on any atom is 0.145 e. The molecule has 0 aliphatic carbocycles. The van der Waals surface area contributed by atoms with Crippen LogP contribution in [0.3, 0.4) is 0 Å². The average molecular weight is 574 g/mol. The van der Waals surface area contributed by atoms with Gasteiger partial charge in [0.15, 0.2) is 0 Å². The second kappa shape index (κ2) is 10.1. The smallest absolute Gasteiger partial charge is 0.145 e. The molecule has 0 saturated carbocycles. The average Bonchev–Trinajstić information content (AvgIpc) is 3.62. The third-order valence-corrected chi connectivity index (χ3v) is 9.48. The van der Waals surface area contributed by atoms with Crippen LogP contribution in [-0.2, 0) is 0 Å². The number of aryl methyl sites for hydroxylation is 3. The molecule has 2 aromatic heterocycles. The van der Waals surface area contributed by atoms with Crippen molar-refractivity contribution in [1.82, 2.24) is 9.55 Å². The lowest BCUT2D eigenvalue weighted by molar-refractivity contribution is 1.06. The molecule has 2 heterocycles. The lowest BCUT2D eigenvalue weighted by Gasteiger charge is -2.17. The number of benzene rings is 6. The first-order chi connectivity index (χ1) is 22.2. The Bertz CT molecular complexity index is 2390. The van der Waals surface area contributed by atoms with Gasteiger partial charge >= 0.3 is 0 Å². The molecule has 0 N–H and O–H groups in total. The molecule has 0 aliphatic heterocycles. The second-order valence-electron chi connectivity index (χ2n) is 11.2. The van der Waals surface area contributed by atoms with E-state index in [1.165, 1.54) is 42.4 Å². The Morgan fingerprint density at radius 2 is 1.19 bits per heavy atom. The molecule has 43 heavy (non-hydrogen) atoms. The molecule has 6 aromatic carbocycles. The van der Waals surface area contributed by atoms with Crippen LogP contribution < -0.4 is 0 Å². The second-order valence-corrected chi connectivity index (χ2v) is 12.3. The number of fused-ring (bicyclic) bond motifs is 4. The summed E-state index contributed by atoms with van der Waals surface area (Å²) in [5.74, 6) is 0.914. The van der Waals surface area contributed by atoms with Crippen LogP contribution in [0.15, 0.2) is 127 Å². The standard InChI is InChI=1S/C40H30N2S/c1-25-13-15-29(16-14-25)30-17-19-37-33(23-30)34-24-31(18-20-38(34)43-37)40-41-35-11-7-8-12-36(35)42(40)39-26(2)21-32(22-27(39)3)28-9-5-4-6-10-28/h4-24H,1-3H3/i1D3. The number of hydrogen-bond donors (Lipinski definition) is 0. The van der Waals surface area contributed by atoms with E-state index in [0.29, 0.717) is 5.56 Å². The summed E-state index contributed by atoms with van der Waals surface area (Å²) >= 11 is 1.78. The molecule has 0 bridgehead atoms. The Labute approximate surface area is 259 Å². The topological polar surface area (TPSA) is 17.8 Å². The summed E-state index contributed by atoms with van der Waals surface area (Å²) in [5, 5.41) is 2.37. The monoisotopic (exact) mass is 573 g/mol. The van der Waals surface area contributed by atoms with Gasteiger partial charge in [0.05, 0.1) is 16.7 Å². The molecule has 0 aliphatic rings. The largest absolute Gasteiger partial charge is 0.292 e. The van der Waals surface area contributed by atoms with Gasteiger partial charge in [0.1, 0.15) is 5.82 Å². The fourth-order valence-corrected chi connectivity index (χ4v) is 7.38. The third-order valence-electron chi connectivity index (χ3n) is 8.33. The van der Waals surface area contributed by atoms with E-state index in [4.69, 9.17) is 9.10 Å². The van der Waals surface area contributed by atoms with E-state index in [9.17, 15) is 0 Å². The number of nitrogens with zero attached hydrogens (tertiary/aromatic N) is 2. The molecule has 8 aromatic rings. The molecular weight excluding hydrogens is 541 g/mol. The number of rotatable bonds is 4. The lowest BCUT2D eigenvalue weighted by atomic mass is 9.98. The van der Waals surface area contributed by atoms with Crippen molar-refractivity contribution in [3.63, 3.8) is 0 Å². The molecule has 3 heteroatoms. The summed E-state index contributed by atoms with van der Waals surface area (Å²) in [4.78, 5) is 5.21. The van der Waals surface area contributed by atoms with Crippen LogP contribution in [0, 0.1) is 20.7 Å². The molecule has 2 nitrogen and oxygen atoms in total. The van der Waals surface area contributed by atoms with Crippen molar-refractivity contribution in [2.45, 2.75) is 20.7 Å². The van der Waals surface area contributed by atoms with Crippen LogP contribution in [0.5, 0.6) is 0 Å². The minimum absolute atomic E-state index is 0.353. The van der Waals surface area contributed by atoms with Crippen molar-refractivity contribution < 1.29 is 4.11 Å². The predicted molar refractivity (Wildman–Crippen MR) is 184 cm³/mol. The number of thiophene rings is 1. The Kier molecular flexibility index (Phi) is 5.29. The van der Waals surface area contributed by atoms with Crippen molar-refractivity contribution in [1.29, 1.82) is 0 Å². The van der Waals surface area contributed by atoms with E-state index < -0.39 is 6.85 Å². The van der Waals surface area contributed by atoms with Gasteiger partial charge in [-0.2, -0.15) is 0 Å². The van der Waals surface area contributed by atoms with Crippen molar-refractivity contribution in [2.24, 2.45) is 0 Å². The molecule has 0 saturated heterocycles. The Balaban J connectivity index is 1.29. The van der Waals surface area contributed by atoms with Gasteiger partial charge in [-0.25, -0.2) is 4.98 Å². The summed E-state index contributed by atoms with van der Waals surface area (Å²) in [6, 6.07) is 43.8. The van der Waals surface area contributed by atoms with Gasteiger partial charge in [-0.3, -0.25) is 4.57 Å². The van der Waals surface area contributed by atoms with Gasteiger partial charge in [-0.1, -0.05) is 78.4 Å². The molecule has 0 radical (unpaired) electrons. The highest BCUT2D eigenvalue weighted by Gasteiger charge is 2.19. The molecule has 0 amide bonds. The van der Waals surface area contributed by atoms with Gasteiger partial charge in [-0.05, 0) is 109 Å². The van der Waals surface area contributed by atoms with Crippen LogP contribution in [0.25, 0.3) is 70.5 Å². The molecular formula is C40H30N2S. The van der Waals surface area contributed by atoms with Crippen molar-refractivity contribution in [2.75, 3.05) is 0 Å². The van der Waals surface area contributed by atoms with E-state index in [0.717, 1.165) is 39.2 Å². The predicted octanol–water partition coefficient (Wildman–Crippen LogP) is 11.3. The van der Waals surface area contributed by atoms with Crippen molar-refractivity contribution in [3.8, 4) is 39.3 Å². The molecule has 0 atom stereocenters. The first-order valence-corrected chi connectivity index (χ1v) is 15.3. The van der Waals surface area contributed by atoms with Gasteiger partial charge in [0.2, 0.25) is 0 Å². The van der Waals surface area contributed by atoms with Crippen LogP contribution in [0.2, 0.25) is 0 Å². The highest BCUT2D eigenvalue weighted by molar-refractivity contribution is 7.25. The summed E-state index contributed by atoms with van der Waals surface area (Å²) in [5.41, 5.74) is 11.5. The minimum atomic E-state index is -2.11. The van der Waals surface area contributed by atoms with Crippen LogP contribution in [0.4, 0.5) is 0 Å². The fraction of sp³-hybridized carbons (Fsp3) is 0.0750. The molecule has 0 spiro atoms. The molecule has 8 rings (SSSR count). The van der Waals surface area contributed by atoms with Gasteiger partial charge in [0, 0.05) is 29.8 Å². The van der Waals surface area contributed by atoms with E-state index >= 15 is 0 Å². The normalized spacial score (nSPS) is 12.9. The lowest BCUT2D eigenvalue weighted by Crippen LogP contribution is -2.03. The third kappa shape index (κ3) is 4.36. The maximum absolute atomic E-state index is 7.72. The molecule has 0 unspecified atom stereocenters. The zero-order valence-electron chi connectivity index (χ0n) is 26.9. The molecule has 206 valence electrons. The Morgan fingerprint density at radius 1 is 0.581 bits per heavy atom. The molecule has 0 fully saturated rings. The van der Waals surface area contributed by atoms with Gasteiger partial charge in [-0.15, -0.1) is 11.3 Å². The highest BCUT2D eigenvalue weighted by Crippen LogP contribution is 2.40. The summed E-state index contributed by atoms with van der Waals surface area (Å²) in [7, 11) is 0. The van der Waals surface area contributed by atoms with Crippen LogP contribution in [-0.4, -0.2) is 9.55 Å². The minimum Gasteiger partial charge on any atom is -0.292 e. The summed E-state index contributed by atoms with van der Waals surface area (Å²) < 4.78 is 27.9. The quantitative estimate of drug-likeness (QED) is 0.205. The first kappa shape index (κ1) is 22.6. The summed E-state index contributed by atoms with van der Waals surface area (Å²) in [6.45, 7) is 2.27. The Morgan fingerprint density at radius 3 is 1.91 bits per heavy atom. The highest BCUT2D eigenvalue weighted by atomic mass is 32.1. The van der Waals surface area contributed by atoms with Gasteiger partial charge < -0.3 is 0 Å². The maximum atomic E-state index is 7.72. The Hall–Kier alpha value is -4.99.